The highest BCUT2D eigenvalue weighted by Gasteiger charge is 2.25. The fraction of sp³-hybridized carbons (Fsp3) is 0.353. The van der Waals surface area contributed by atoms with Crippen molar-refractivity contribution < 1.29 is 4.74 Å². The molecule has 3 aromatic rings. The molecule has 1 aliphatic heterocycles. The monoisotopic (exact) mass is 309 g/mol. The van der Waals surface area contributed by atoms with E-state index >= 15 is 0 Å². The van der Waals surface area contributed by atoms with E-state index in [0.717, 1.165) is 36.7 Å². The zero-order valence-corrected chi connectivity index (χ0v) is 13.1. The molecule has 6 nitrogen and oxygen atoms in total. The van der Waals surface area contributed by atoms with E-state index < -0.39 is 0 Å². The molecule has 0 spiro atoms. The Balaban J connectivity index is 1.50. The average molecular weight is 309 g/mol. The predicted octanol–water partition coefficient (Wildman–Crippen LogP) is 1.94. The van der Waals surface area contributed by atoms with E-state index in [1.54, 1.807) is 6.33 Å². The van der Waals surface area contributed by atoms with E-state index in [1.807, 2.05) is 23.7 Å². The highest BCUT2D eigenvalue weighted by atomic mass is 16.5. The maximum Gasteiger partial charge on any atom is 0.163 e. The van der Waals surface area contributed by atoms with Gasteiger partial charge in [-0.25, -0.2) is 0 Å². The Morgan fingerprint density at radius 1 is 1.22 bits per heavy atom. The van der Waals surface area contributed by atoms with E-state index in [0.29, 0.717) is 6.61 Å². The minimum Gasteiger partial charge on any atom is -0.368 e. The lowest BCUT2D eigenvalue weighted by Gasteiger charge is -2.32. The first kappa shape index (κ1) is 14.3. The number of aryl methyl sites for hydroxylation is 1. The van der Waals surface area contributed by atoms with Crippen molar-refractivity contribution in [3.05, 3.63) is 54.2 Å². The minimum atomic E-state index is -0.0308. The Kier molecular flexibility index (Phi) is 3.77. The number of pyridine rings is 1. The van der Waals surface area contributed by atoms with Crippen molar-refractivity contribution in [2.75, 3.05) is 19.7 Å². The van der Waals surface area contributed by atoms with Gasteiger partial charge in [-0.15, -0.1) is 10.2 Å². The maximum absolute atomic E-state index is 5.86. The molecule has 23 heavy (non-hydrogen) atoms. The molecule has 0 N–H and O–H groups in total. The smallest absolute Gasteiger partial charge is 0.163 e. The Morgan fingerprint density at radius 3 is 3.00 bits per heavy atom. The van der Waals surface area contributed by atoms with Crippen molar-refractivity contribution in [2.45, 2.75) is 12.6 Å². The summed E-state index contributed by atoms with van der Waals surface area (Å²) in [5, 5.41) is 9.29. The van der Waals surface area contributed by atoms with Crippen LogP contribution >= 0.6 is 0 Å². The molecule has 6 heteroatoms. The molecule has 0 bridgehead atoms. The number of morpholine rings is 1. The van der Waals surface area contributed by atoms with Gasteiger partial charge in [0.2, 0.25) is 0 Å². The van der Waals surface area contributed by atoms with Crippen LogP contribution < -0.4 is 0 Å². The van der Waals surface area contributed by atoms with Gasteiger partial charge < -0.3 is 9.30 Å². The summed E-state index contributed by atoms with van der Waals surface area (Å²) in [7, 11) is 1.95. The molecule has 1 aromatic carbocycles. The first-order valence-corrected chi connectivity index (χ1v) is 7.82. The van der Waals surface area contributed by atoms with E-state index in [-0.39, 0.29) is 6.10 Å². The van der Waals surface area contributed by atoms with Gasteiger partial charge in [0.25, 0.3) is 0 Å². The number of hydrogen-bond acceptors (Lipinski definition) is 5. The van der Waals surface area contributed by atoms with E-state index in [1.165, 1.54) is 5.39 Å². The van der Waals surface area contributed by atoms with Gasteiger partial charge in [0.1, 0.15) is 12.4 Å². The molecule has 0 amide bonds. The van der Waals surface area contributed by atoms with Crippen LogP contribution in [0.4, 0.5) is 0 Å². The lowest BCUT2D eigenvalue weighted by molar-refractivity contribution is -0.0388. The molecule has 2 aromatic heterocycles. The second-order valence-electron chi connectivity index (χ2n) is 5.89. The van der Waals surface area contributed by atoms with Crippen molar-refractivity contribution in [2.24, 2.45) is 7.05 Å². The number of rotatable bonds is 3. The van der Waals surface area contributed by atoms with Crippen LogP contribution in [0, 0.1) is 0 Å². The minimum absolute atomic E-state index is 0.0308. The Hall–Kier alpha value is -2.31. The largest absolute Gasteiger partial charge is 0.368 e. The second-order valence-corrected chi connectivity index (χ2v) is 5.89. The molecule has 0 saturated carbocycles. The maximum atomic E-state index is 5.86. The summed E-state index contributed by atoms with van der Waals surface area (Å²) in [6.07, 6.45) is 1.68. The number of ether oxygens (including phenoxy) is 1. The average Bonchev–Trinajstić information content (AvgIpc) is 3.01. The van der Waals surface area contributed by atoms with Crippen LogP contribution in [0.3, 0.4) is 0 Å². The Morgan fingerprint density at radius 2 is 2.13 bits per heavy atom. The third-order valence-corrected chi connectivity index (χ3v) is 4.23. The van der Waals surface area contributed by atoms with Crippen molar-refractivity contribution in [3.63, 3.8) is 0 Å². The topological polar surface area (TPSA) is 56.1 Å². The molecule has 1 unspecified atom stereocenters. The summed E-state index contributed by atoms with van der Waals surface area (Å²) in [4.78, 5) is 7.12. The van der Waals surface area contributed by atoms with E-state index in [4.69, 9.17) is 9.72 Å². The molecule has 0 aliphatic carbocycles. The number of hydrogen-bond donors (Lipinski definition) is 0. The first-order chi connectivity index (χ1) is 11.3. The normalized spacial score (nSPS) is 19.3. The third kappa shape index (κ3) is 2.95. The van der Waals surface area contributed by atoms with Crippen LogP contribution in [-0.4, -0.2) is 44.3 Å². The number of fused-ring (bicyclic) bond motifs is 1. The van der Waals surface area contributed by atoms with Crippen LogP contribution in [-0.2, 0) is 18.3 Å². The number of aromatic nitrogens is 4. The molecular formula is C17H19N5O. The standard InChI is InChI=1S/C17H19N5O/c1-21-12-18-20-17(21)16-11-22(8-9-23-16)10-14-7-6-13-4-2-3-5-15(13)19-14/h2-7,12,16H,8-11H2,1H3. The van der Waals surface area contributed by atoms with Crippen LogP contribution in [0.1, 0.15) is 17.6 Å². The van der Waals surface area contributed by atoms with Gasteiger partial charge in [0.15, 0.2) is 5.82 Å². The second kappa shape index (κ2) is 6.06. The van der Waals surface area contributed by atoms with Crippen molar-refractivity contribution in [1.82, 2.24) is 24.6 Å². The zero-order valence-electron chi connectivity index (χ0n) is 13.1. The zero-order chi connectivity index (χ0) is 15.6. The molecule has 1 saturated heterocycles. The summed E-state index contributed by atoms with van der Waals surface area (Å²) in [6, 6.07) is 12.5. The lowest BCUT2D eigenvalue weighted by Crippen LogP contribution is -2.38. The summed E-state index contributed by atoms with van der Waals surface area (Å²) in [5.74, 6) is 0.876. The molecule has 3 heterocycles. The number of para-hydroxylation sites is 1. The highest BCUT2D eigenvalue weighted by Crippen LogP contribution is 2.21. The predicted molar refractivity (Wildman–Crippen MR) is 86.7 cm³/mol. The Bertz CT molecular complexity index is 815. The summed E-state index contributed by atoms with van der Waals surface area (Å²) in [6.45, 7) is 3.23. The fourth-order valence-corrected chi connectivity index (χ4v) is 3.01. The van der Waals surface area contributed by atoms with E-state index in [9.17, 15) is 0 Å². The quantitative estimate of drug-likeness (QED) is 0.740. The van der Waals surface area contributed by atoms with Crippen LogP contribution in [0.5, 0.6) is 0 Å². The van der Waals surface area contributed by atoms with Crippen molar-refractivity contribution >= 4 is 10.9 Å². The Labute approximate surface area is 134 Å². The van der Waals surface area contributed by atoms with Gasteiger partial charge in [-0.2, -0.15) is 0 Å². The fourth-order valence-electron chi connectivity index (χ4n) is 3.01. The SMILES string of the molecule is Cn1cnnc1C1CN(Cc2ccc3ccccc3n2)CCO1. The highest BCUT2D eigenvalue weighted by molar-refractivity contribution is 5.78. The molecule has 1 fully saturated rings. The van der Waals surface area contributed by atoms with Crippen molar-refractivity contribution in [3.8, 4) is 0 Å². The summed E-state index contributed by atoms with van der Waals surface area (Å²) < 4.78 is 7.78. The summed E-state index contributed by atoms with van der Waals surface area (Å²) >= 11 is 0. The molecule has 0 radical (unpaired) electrons. The van der Waals surface area contributed by atoms with Crippen LogP contribution in [0.25, 0.3) is 10.9 Å². The summed E-state index contributed by atoms with van der Waals surface area (Å²) in [5.41, 5.74) is 2.13. The lowest BCUT2D eigenvalue weighted by atomic mass is 10.2. The molecule has 118 valence electrons. The molecule has 1 atom stereocenters. The van der Waals surface area contributed by atoms with Gasteiger partial charge in [-0.3, -0.25) is 9.88 Å². The van der Waals surface area contributed by atoms with Crippen LogP contribution in [0.15, 0.2) is 42.7 Å². The number of nitrogens with zero attached hydrogens (tertiary/aromatic N) is 5. The number of benzene rings is 1. The molecular weight excluding hydrogens is 290 g/mol. The van der Waals surface area contributed by atoms with Crippen molar-refractivity contribution in [1.29, 1.82) is 0 Å². The van der Waals surface area contributed by atoms with Gasteiger partial charge in [0, 0.05) is 32.1 Å². The van der Waals surface area contributed by atoms with Gasteiger partial charge in [0.05, 0.1) is 17.8 Å². The van der Waals surface area contributed by atoms with E-state index in [2.05, 4.69) is 39.4 Å². The third-order valence-electron chi connectivity index (χ3n) is 4.23. The first-order valence-electron chi connectivity index (χ1n) is 7.82. The van der Waals surface area contributed by atoms with Gasteiger partial charge >= 0.3 is 0 Å². The van der Waals surface area contributed by atoms with Gasteiger partial charge in [-0.05, 0) is 12.1 Å². The van der Waals surface area contributed by atoms with Crippen LogP contribution in [0.2, 0.25) is 0 Å². The van der Waals surface area contributed by atoms with Gasteiger partial charge in [-0.1, -0.05) is 24.3 Å². The molecule has 4 rings (SSSR count). The molecule has 1 aliphatic rings.